The molecule has 0 amide bonds. The molecule has 2 aromatic rings. The maximum atomic E-state index is 12.5. The Morgan fingerprint density at radius 1 is 0.906 bits per heavy atom. The van der Waals surface area contributed by atoms with Crippen molar-refractivity contribution in [3.05, 3.63) is 79.9 Å². The minimum absolute atomic E-state index is 0.0321. The molecule has 12 heteroatoms. The van der Waals surface area contributed by atoms with E-state index in [1.54, 1.807) is 0 Å². The lowest BCUT2D eigenvalue weighted by Crippen LogP contribution is -2.51. The van der Waals surface area contributed by atoms with Crippen LogP contribution in [0.15, 0.2) is 48.5 Å². The van der Waals surface area contributed by atoms with Crippen molar-refractivity contribution < 1.29 is 38.8 Å². The standard InChI is InChI=1S/C20H18N2O10/c1-11-18(32-20(25)13-4-8-15(9-5-13)22(28)29)16(10-17(23)30-11)31-19(24)12-2-6-14(7-3-12)21(26)27/h2-9,11,16-18,23H,10H2,1H3/t11-,16-,17?,18+/m0/s1. The number of hydrogen-bond acceptors (Lipinski definition) is 10. The van der Waals surface area contributed by atoms with Crippen molar-refractivity contribution in [3.63, 3.8) is 0 Å². The first kappa shape index (κ1) is 22.8. The van der Waals surface area contributed by atoms with E-state index in [0.717, 1.165) is 24.3 Å². The fraction of sp³-hybridized carbons (Fsp3) is 0.300. The zero-order valence-electron chi connectivity index (χ0n) is 16.7. The Balaban J connectivity index is 1.74. The minimum Gasteiger partial charge on any atom is -0.455 e. The van der Waals surface area contributed by atoms with Gasteiger partial charge in [0.25, 0.3) is 11.4 Å². The van der Waals surface area contributed by atoms with Gasteiger partial charge < -0.3 is 19.3 Å². The predicted octanol–water partition coefficient (Wildman–Crippen LogP) is 2.38. The second kappa shape index (κ2) is 9.49. The van der Waals surface area contributed by atoms with Gasteiger partial charge in [0.05, 0.1) is 27.1 Å². The summed E-state index contributed by atoms with van der Waals surface area (Å²) in [5, 5.41) is 31.4. The van der Waals surface area contributed by atoms with Crippen LogP contribution in [0.4, 0.5) is 11.4 Å². The number of esters is 2. The molecule has 4 atom stereocenters. The molecule has 3 rings (SSSR count). The van der Waals surface area contributed by atoms with Crippen molar-refractivity contribution in [2.45, 2.75) is 37.9 Å². The number of non-ortho nitro benzene ring substituents is 2. The van der Waals surface area contributed by atoms with E-state index in [4.69, 9.17) is 14.2 Å². The van der Waals surface area contributed by atoms with E-state index in [-0.39, 0.29) is 28.9 Å². The van der Waals surface area contributed by atoms with E-state index in [1.165, 1.54) is 31.2 Å². The van der Waals surface area contributed by atoms with Gasteiger partial charge in [0.2, 0.25) is 0 Å². The molecular weight excluding hydrogens is 428 g/mol. The number of nitro benzene ring substituents is 2. The van der Waals surface area contributed by atoms with Crippen LogP contribution in [-0.2, 0) is 14.2 Å². The van der Waals surface area contributed by atoms with Crippen LogP contribution in [0.2, 0.25) is 0 Å². The summed E-state index contributed by atoms with van der Waals surface area (Å²) in [7, 11) is 0. The fourth-order valence-electron chi connectivity index (χ4n) is 3.14. The maximum Gasteiger partial charge on any atom is 0.338 e. The van der Waals surface area contributed by atoms with Gasteiger partial charge in [-0.3, -0.25) is 20.2 Å². The third-order valence-corrected chi connectivity index (χ3v) is 4.76. The molecule has 0 aromatic heterocycles. The van der Waals surface area contributed by atoms with Gasteiger partial charge >= 0.3 is 11.9 Å². The summed E-state index contributed by atoms with van der Waals surface area (Å²) in [4.78, 5) is 45.3. The highest BCUT2D eigenvalue weighted by Gasteiger charge is 2.41. The number of ether oxygens (including phenoxy) is 3. The minimum atomic E-state index is -1.27. The Labute approximate surface area is 180 Å². The largest absolute Gasteiger partial charge is 0.455 e. The van der Waals surface area contributed by atoms with Crippen LogP contribution in [0.5, 0.6) is 0 Å². The first-order valence-corrected chi connectivity index (χ1v) is 9.40. The van der Waals surface area contributed by atoms with Crippen molar-refractivity contribution in [2.24, 2.45) is 0 Å². The number of carbonyl (C=O) groups excluding carboxylic acids is 2. The first-order valence-electron chi connectivity index (χ1n) is 9.40. The van der Waals surface area contributed by atoms with Crippen molar-refractivity contribution in [3.8, 4) is 0 Å². The normalized spacial score (nSPS) is 22.6. The molecule has 0 radical (unpaired) electrons. The first-order chi connectivity index (χ1) is 15.2. The van der Waals surface area contributed by atoms with Gasteiger partial charge in [0, 0.05) is 30.7 Å². The van der Waals surface area contributed by atoms with Gasteiger partial charge in [-0.15, -0.1) is 0 Å². The summed E-state index contributed by atoms with van der Waals surface area (Å²) in [6.07, 6.45) is -4.44. The third kappa shape index (κ3) is 5.22. The topological polar surface area (TPSA) is 168 Å². The molecule has 1 heterocycles. The molecule has 1 unspecified atom stereocenters. The number of aliphatic hydroxyl groups excluding tert-OH is 1. The Kier molecular flexibility index (Phi) is 6.76. The molecule has 2 aromatic carbocycles. The lowest BCUT2D eigenvalue weighted by Gasteiger charge is -2.37. The second-order valence-electron chi connectivity index (χ2n) is 6.95. The molecule has 1 aliphatic rings. The van der Waals surface area contributed by atoms with Gasteiger partial charge in [-0.25, -0.2) is 9.59 Å². The summed E-state index contributed by atoms with van der Waals surface area (Å²) >= 11 is 0. The number of nitro groups is 2. The molecule has 0 bridgehead atoms. The van der Waals surface area contributed by atoms with Crippen LogP contribution >= 0.6 is 0 Å². The van der Waals surface area contributed by atoms with E-state index in [0.29, 0.717) is 0 Å². The molecule has 0 spiro atoms. The number of hydrogen-bond donors (Lipinski definition) is 1. The predicted molar refractivity (Wildman–Crippen MR) is 106 cm³/mol. The molecule has 0 aliphatic carbocycles. The van der Waals surface area contributed by atoms with Crippen molar-refractivity contribution >= 4 is 23.3 Å². The molecule has 168 valence electrons. The number of aliphatic hydroxyl groups is 1. The molecule has 1 N–H and O–H groups in total. The van der Waals surface area contributed by atoms with Gasteiger partial charge in [-0.05, 0) is 31.2 Å². The van der Waals surface area contributed by atoms with Crippen LogP contribution in [0.1, 0.15) is 34.1 Å². The third-order valence-electron chi connectivity index (χ3n) is 4.76. The number of benzene rings is 2. The zero-order valence-corrected chi connectivity index (χ0v) is 16.7. The van der Waals surface area contributed by atoms with Gasteiger partial charge in [-0.2, -0.15) is 0 Å². The summed E-state index contributed by atoms with van der Waals surface area (Å²) in [6, 6.07) is 9.47. The number of rotatable bonds is 6. The average molecular weight is 446 g/mol. The van der Waals surface area contributed by atoms with E-state index < -0.39 is 46.4 Å². The summed E-state index contributed by atoms with van der Waals surface area (Å²) < 4.78 is 16.1. The van der Waals surface area contributed by atoms with E-state index in [9.17, 15) is 34.9 Å². The fourth-order valence-corrected chi connectivity index (χ4v) is 3.14. The van der Waals surface area contributed by atoms with Gasteiger partial charge in [0.15, 0.2) is 12.4 Å². The molecular formula is C20H18N2O10. The molecule has 0 saturated carbocycles. The monoisotopic (exact) mass is 446 g/mol. The molecule has 12 nitrogen and oxygen atoms in total. The molecule has 32 heavy (non-hydrogen) atoms. The second-order valence-corrected chi connectivity index (χ2v) is 6.95. The summed E-state index contributed by atoms with van der Waals surface area (Å²) in [5.41, 5.74) is -0.334. The van der Waals surface area contributed by atoms with E-state index in [1.807, 2.05) is 0 Å². The average Bonchev–Trinajstić information content (AvgIpc) is 2.76. The SMILES string of the molecule is C[C@@H]1OC(O)C[C@H](OC(=O)c2ccc([N+](=O)[O-])cc2)[C@@H]1OC(=O)c1ccc([N+](=O)[O-])cc1. The van der Waals surface area contributed by atoms with Gasteiger partial charge in [0.1, 0.15) is 6.10 Å². The summed E-state index contributed by atoms with van der Waals surface area (Å²) in [5.74, 6) is -1.66. The quantitative estimate of drug-likeness (QED) is 0.395. The smallest absolute Gasteiger partial charge is 0.338 e. The van der Waals surface area contributed by atoms with Crippen molar-refractivity contribution in [1.82, 2.24) is 0 Å². The van der Waals surface area contributed by atoms with Crippen LogP contribution < -0.4 is 0 Å². The number of carbonyl (C=O) groups is 2. The Bertz CT molecular complexity index is 1020. The van der Waals surface area contributed by atoms with Crippen molar-refractivity contribution in [2.75, 3.05) is 0 Å². The Morgan fingerprint density at radius 2 is 1.34 bits per heavy atom. The van der Waals surface area contributed by atoms with E-state index in [2.05, 4.69) is 0 Å². The zero-order chi connectivity index (χ0) is 23.4. The van der Waals surface area contributed by atoms with Gasteiger partial charge in [-0.1, -0.05) is 0 Å². The highest BCUT2D eigenvalue weighted by atomic mass is 16.7. The van der Waals surface area contributed by atoms with Crippen LogP contribution in [0, 0.1) is 20.2 Å². The summed E-state index contributed by atoms with van der Waals surface area (Å²) in [6.45, 7) is 1.52. The van der Waals surface area contributed by atoms with Crippen LogP contribution in [0.25, 0.3) is 0 Å². The lowest BCUT2D eigenvalue weighted by atomic mass is 10.0. The van der Waals surface area contributed by atoms with Crippen LogP contribution in [0.3, 0.4) is 0 Å². The highest BCUT2D eigenvalue weighted by molar-refractivity contribution is 5.90. The highest BCUT2D eigenvalue weighted by Crippen LogP contribution is 2.26. The van der Waals surface area contributed by atoms with E-state index >= 15 is 0 Å². The molecule has 1 aliphatic heterocycles. The van der Waals surface area contributed by atoms with Crippen LogP contribution in [-0.4, -0.2) is 51.5 Å². The number of nitrogens with zero attached hydrogens (tertiary/aromatic N) is 2. The molecule has 1 saturated heterocycles. The maximum absolute atomic E-state index is 12.5. The lowest BCUT2D eigenvalue weighted by molar-refractivity contribution is -0.385. The Morgan fingerprint density at radius 3 is 1.78 bits per heavy atom. The molecule has 1 fully saturated rings. The van der Waals surface area contributed by atoms with Crippen molar-refractivity contribution in [1.29, 1.82) is 0 Å². The Hall–Kier alpha value is -3.90.